The van der Waals surface area contributed by atoms with Gasteiger partial charge >= 0.3 is 0 Å². The minimum absolute atomic E-state index is 0.141. The molecule has 0 saturated carbocycles. The summed E-state index contributed by atoms with van der Waals surface area (Å²) in [4.78, 5) is 10.4. The molecule has 0 radical (unpaired) electrons. The zero-order valence-electron chi connectivity index (χ0n) is 8.24. The predicted octanol–water partition coefficient (Wildman–Crippen LogP) is -1.57. The summed E-state index contributed by atoms with van der Waals surface area (Å²) >= 11 is 0. The second kappa shape index (κ2) is 4.56. The van der Waals surface area contributed by atoms with E-state index in [4.69, 9.17) is 5.73 Å². The first-order valence-corrected chi connectivity index (χ1v) is 4.20. The van der Waals surface area contributed by atoms with E-state index in [-0.39, 0.29) is 12.5 Å². The van der Waals surface area contributed by atoms with Crippen molar-refractivity contribution in [1.82, 2.24) is 20.1 Å². The molecule has 1 aromatic heterocycles. The smallest absolute Gasteiger partial charge is 0.231 e. The van der Waals surface area contributed by atoms with Gasteiger partial charge in [-0.1, -0.05) is 0 Å². The van der Waals surface area contributed by atoms with Gasteiger partial charge in [-0.05, 0) is 0 Å². The molecule has 0 atom stereocenters. The maximum atomic E-state index is 10.4. The van der Waals surface area contributed by atoms with E-state index in [1.54, 1.807) is 11.6 Å². The lowest BCUT2D eigenvalue weighted by Gasteiger charge is -2.03. The van der Waals surface area contributed by atoms with Crippen LogP contribution in [-0.4, -0.2) is 34.3 Å². The van der Waals surface area contributed by atoms with Crippen LogP contribution in [0.5, 0.6) is 0 Å². The van der Waals surface area contributed by atoms with Gasteiger partial charge in [0.1, 0.15) is 5.82 Å². The Morgan fingerprint density at radius 2 is 2.29 bits per heavy atom. The summed E-state index contributed by atoms with van der Waals surface area (Å²) < 4.78 is 1.80. The number of anilines is 1. The van der Waals surface area contributed by atoms with E-state index in [9.17, 15) is 4.79 Å². The van der Waals surface area contributed by atoms with E-state index in [0.29, 0.717) is 12.5 Å². The normalized spacial score (nSPS) is 10.1. The molecule has 78 valence electrons. The molecule has 0 unspecified atom stereocenters. The summed E-state index contributed by atoms with van der Waals surface area (Å²) in [5, 5.41) is 13.5. The Labute approximate surface area is 81.7 Å². The molecule has 14 heavy (non-hydrogen) atoms. The van der Waals surface area contributed by atoms with Gasteiger partial charge in [0, 0.05) is 14.1 Å². The molecule has 7 heteroatoms. The number of aromatic nitrogens is 3. The van der Waals surface area contributed by atoms with Crippen LogP contribution in [-0.2, 0) is 18.4 Å². The standard InChI is InChI=1S/C7H14N6O/c1-9-7-12-11-6(13(7)2)4-10-3-5(8)14/h10H,3-4H2,1-2H3,(H2,8,14)(H,9,12). The minimum atomic E-state index is -0.388. The van der Waals surface area contributed by atoms with E-state index in [2.05, 4.69) is 20.8 Å². The number of nitrogens with one attached hydrogen (secondary N) is 2. The summed E-state index contributed by atoms with van der Waals surface area (Å²) in [6.07, 6.45) is 0. The van der Waals surface area contributed by atoms with E-state index < -0.39 is 0 Å². The molecule has 0 aromatic carbocycles. The third kappa shape index (κ3) is 2.43. The molecule has 0 saturated heterocycles. The van der Waals surface area contributed by atoms with Gasteiger partial charge in [-0.2, -0.15) is 0 Å². The quantitative estimate of drug-likeness (QED) is 0.531. The van der Waals surface area contributed by atoms with Crippen LogP contribution >= 0.6 is 0 Å². The van der Waals surface area contributed by atoms with Crippen molar-refractivity contribution in [3.8, 4) is 0 Å². The molecule has 0 aliphatic rings. The Balaban J connectivity index is 2.50. The number of amides is 1. The maximum Gasteiger partial charge on any atom is 0.231 e. The highest BCUT2D eigenvalue weighted by Crippen LogP contribution is 2.02. The van der Waals surface area contributed by atoms with Gasteiger partial charge < -0.3 is 16.4 Å². The third-order valence-corrected chi connectivity index (χ3v) is 1.77. The van der Waals surface area contributed by atoms with E-state index in [0.717, 1.165) is 5.82 Å². The van der Waals surface area contributed by atoms with Crippen molar-refractivity contribution >= 4 is 11.9 Å². The number of nitrogens with zero attached hydrogens (tertiary/aromatic N) is 3. The highest BCUT2D eigenvalue weighted by Gasteiger charge is 2.06. The zero-order valence-corrected chi connectivity index (χ0v) is 8.24. The largest absolute Gasteiger partial charge is 0.369 e. The molecule has 7 nitrogen and oxygen atoms in total. The lowest BCUT2D eigenvalue weighted by molar-refractivity contribution is -0.117. The molecule has 0 bridgehead atoms. The first-order valence-electron chi connectivity index (χ1n) is 4.20. The van der Waals surface area contributed by atoms with Gasteiger partial charge in [-0.15, -0.1) is 10.2 Å². The van der Waals surface area contributed by atoms with Crippen molar-refractivity contribution in [2.45, 2.75) is 6.54 Å². The summed E-state index contributed by atoms with van der Waals surface area (Å²) in [7, 11) is 3.61. The van der Waals surface area contributed by atoms with Crippen LogP contribution in [0.1, 0.15) is 5.82 Å². The molecule has 1 rings (SSSR count). The van der Waals surface area contributed by atoms with E-state index in [1.165, 1.54) is 0 Å². The zero-order chi connectivity index (χ0) is 10.6. The van der Waals surface area contributed by atoms with Gasteiger partial charge in [0.05, 0.1) is 13.1 Å². The summed E-state index contributed by atoms with van der Waals surface area (Å²) in [5.74, 6) is 1.04. The predicted molar refractivity (Wildman–Crippen MR) is 51.5 cm³/mol. The fraction of sp³-hybridized carbons (Fsp3) is 0.571. The molecular formula is C7H14N6O. The van der Waals surface area contributed by atoms with E-state index >= 15 is 0 Å². The lowest BCUT2D eigenvalue weighted by Crippen LogP contribution is -2.28. The van der Waals surface area contributed by atoms with Crippen LogP contribution in [0.25, 0.3) is 0 Å². The number of carbonyl (C=O) groups is 1. The SMILES string of the molecule is CNc1nnc(CNCC(N)=O)n1C. The fourth-order valence-corrected chi connectivity index (χ4v) is 1.03. The molecule has 0 aliphatic carbocycles. The van der Waals surface area contributed by atoms with Crippen molar-refractivity contribution in [2.75, 3.05) is 18.9 Å². The first-order chi connectivity index (χ1) is 6.65. The van der Waals surface area contributed by atoms with E-state index in [1.807, 2.05) is 7.05 Å². The molecule has 1 amide bonds. The summed E-state index contributed by atoms with van der Waals surface area (Å²) in [6, 6.07) is 0. The molecule has 0 fully saturated rings. The average molecular weight is 198 g/mol. The van der Waals surface area contributed by atoms with Crippen molar-refractivity contribution in [3.63, 3.8) is 0 Å². The Morgan fingerprint density at radius 1 is 1.57 bits per heavy atom. The highest BCUT2D eigenvalue weighted by atomic mass is 16.1. The number of primary amides is 1. The first kappa shape index (κ1) is 10.5. The number of hydrogen-bond acceptors (Lipinski definition) is 5. The number of nitrogens with two attached hydrogens (primary N) is 1. The molecule has 0 spiro atoms. The number of rotatable bonds is 5. The molecule has 1 aromatic rings. The Hall–Kier alpha value is -1.63. The number of hydrogen-bond donors (Lipinski definition) is 3. The topological polar surface area (TPSA) is 97.9 Å². The van der Waals surface area contributed by atoms with Crippen LogP contribution in [0, 0.1) is 0 Å². The molecule has 4 N–H and O–H groups in total. The lowest BCUT2D eigenvalue weighted by atomic mass is 10.5. The van der Waals surface area contributed by atoms with Crippen molar-refractivity contribution in [3.05, 3.63) is 5.82 Å². The molecule has 1 heterocycles. The average Bonchev–Trinajstić information content (AvgIpc) is 2.47. The number of carbonyl (C=O) groups excluding carboxylic acids is 1. The Morgan fingerprint density at radius 3 is 2.79 bits per heavy atom. The van der Waals surface area contributed by atoms with Gasteiger partial charge in [-0.25, -0.2) is 0 Å². The van der Waals surface area contributed by atoms with Crippen LogP contribution in [0.15, 0.2) is 0 Å². The summed E-state index contributed by atoms with van der Waals surface area (Å²) in [6.45, 7) is 0.607. The van der Waals surface area contributed by atoms with Gasteiger partial charge in [0.2, 0.25) is 11.9 Å². The fourth-order valence-electron chi connectivity index (χ4n) is 1.03. The molecular weight excluding hydrogens is 184 g/mol. The van der Waals surface area contributed by atoms with Gasteiger partial charge in [0.25, 0.3) is 0 Å². The Bertz CT molecular complexity index is 320. The third-order valence-electron chi connectivity index (χ3n) is 1.77. The van der Waals surface area contributed by atoms with Crippen LogP contribution in [0.2, 0.25) is 0 Å². The van der Waals surface area contributed by atoms with Crippen LogP contribution in [0.4, 0.5) is 5.95 Å². The Kier molecular flexibility index (Phi) is 3.41. The van der Waals surface area contributed by atoms with Crippen molar-refractivity contribution in [1.29, 1.82) is 0 Å². The van der Waals surface area contributed by atoms with Gasteiger partial charge in [-0.3, -0.25) is 9.36 Å². The highest BCUT2D eigenvalue weighted by molar-refractivity contribution is 5.75. The monoisotopic (exact) mass is 198 g/mol. The minimum Gasteiger partial charge on any atom is -0.369 e. The van der Waals surface area contributed by atoms with Gasteiger partial charge in [0.15, 0.2) is 0 Å². The van der Waals surface area contributed by atoms with Crippen LogP contribution < -0.4 is 16.4 Å². The molecule has 0 aliphatic heterocycles. The van der Waals surface area contributed by atoms with Crippen molar-refractivity contribution < 1.29 is 4.79 Å². The van der Waals surface area contributed by atoms with Crippen molar-refractivity contribution in [2.24, 2.45) is 12.8 Å². The van der Waals surface area contributed by atoms with Crippen LogP contribution in [0.3, 0.4) is 0 Å². The summed E-state index contributed by atoms with van der Waals surface area (Å²) in [5.41, 5.74) is 4.97. The second-order valence-corrected chi connectivity index (χ2v) is 2.82. The maximum absolute atomic E-state index is 10.4. The second-order valence-electron chi connectivity index (χ2n) is 2.82.